The zero-order valence-corrected chi connectivity index (χ0v) is 13.8. The van der Waals surface area contributed by atoms with Gasteiger partial charge in [0.25, 0.3) is 5.91 Å². The number of hydrogen-bond donors (Lipinski definition) is 1. The number of ether oxygens (including phenoxy) is 1. The molecule has 0 fully saturated rings. The van der Waals surface area contributed by atoms with E-state index in [9.17, 15) is 9.59 Å². The molecule has 2 aromatic carbocycles. The van der Waals surface area contributed by atoms with Crippen LogP contribution in [0.5, 0.6) is 5.75 Å². The number of nitrogens with zero attached hydrogens (tertiary/aromatic N) is 1. The lowest BCUT2D eigenvalue weighted by Gasteiger charge is -2.29. The van der Waals surface area contributed by atoms with Gasteiger partial charge in [0.1, 0.15) is 5.75 Å². The highest BCUT2D eigenvalue weighted by molar-refractivity contribution is 5.95. The third kappa shape index (κ3) is 3.40. The molecule has 0 radical (unpaired) electrons. The van der Waals surface area contributed by atoms with Crippen molar-refractivity contribution < 1.29 is 14.3 Å². The summed E-state index contributed by atoms with van der Waals surface area (Å²) < 4.78 is 5.25. The van der Waals surface area contributed by atoms with Crippen molar-refractivity contribution in [3.63, 3.8) is 0 Å². The zero-order valence-electron chi connectivity index (χ0n) is 13.8. The fraction of sp³-hybridized carbons (Fsp3) is 0.263. The van der Waals surface area contributed by atoms with Crippen molar-refractivity contribution in [3.05, 3.63) is 59.2 Å². The summed E-state index contributed by atoms with van der Waals surface area (Å²) in [6, 6.07) is 13.0. The highest BCUT2D eigenvalue weighted by atomic mass is 16.5. The zero-order chi connectivity index (χ0) is 17.1. The van der Waals surface area contributed by atoms with Gasteiger partial charge in [-0.15, -0.1) is 0 Å². The molecule has 1 N–H and O–H groups in total. The predicted octanol–water partition coefficient (Wildman–Crippen LogP) is 2.85. The van der Waals surface area contributed by atoms with Gasteiger partial charge in [-0.3, -0.25) is 9.59 Å². The minimum absolute atomic E-state index is 0.00541. The highest BCUT2D eigenvalue weighted by Gasteiger charge is 2.22. The lowest BCUT2D eigenvalue weighted by Crippen LogP contribution is -2.35. The molecule has 0 aliphatic carbocycles. The molecular weight excluding hydrogens is 304 g/mol. The summed E-state index contributed by atoms with van der Waals surface area (Å²) in [5.41, 5.74) is 3.71. The molecule has 0 aromatic heterocycles. The first-order valence-electron chi connectivity index (χ1n) is 7.89. The van der Waals surface area contributed by atoms with Crippen molar-refractivity contribution in [1.29, 1.82) is 0 Å². The molecule has 0 atom stereocenters. The Bertz CT molecular complexity index is 769. The van der Waals surface area contributed by atoms with Crippen LogP contribution in [0.15, 0.2) is 42.5 Å². The van der Waals surface area contributed by atoms with Crippen LogP contribution in [0.1, 0.15) is 28.4 Å². The maximum atomic E-state index is 12.7. The van der Waals surface area contributed by atoms with Crippen molar-refractivity contribution >= 4 is 17.5 Å². The number of anilines is 1. The molecule has 124 valence electrons. The Hall–Kier alpha value is -2.82. The summed E-state index contributed by atoms with van der Waals surface area (Å²) in [4.78, 5) is 25.6. The van der Waals surface area contributed by atoms with Gasteiger partial charge in [0.15, 0.2) is 0 Å². The second kappa shape index (κ2) is 6.74. The number of nitrogens with one attached hydrogen (secondary N) is 1. The second-order valence-electron chi connectivity index (χ2n) is 5.87. The summed E-state index contributed by atoms with van der Waals surface area (Å²) >= 11 is 0. The van der Waals surface area contributed by atoms with Crippen molar-refractivity contribution in [2.75, 3.05) is 19.0 Å². The summed E-state index contributed by atoms with van der Waals surface area (Å²) in [5, 5.41) is 2.70. The van der Waals surface area contributed by atoms with E-state index < -0.39 is 0 Å². The summed E-state index contributed by atoms with van der Waals surface area (Å²) in [6.45, 7) is 2.75. The third-order valence-corrected chi connectivity index (χ3v) is 4.17. The number of hydrogen-bond acceptors (Lipinski definition) is 3. The molecule has 2 amide bonds. The first-order chi connectivity index (χ1) is 11.6. The standard InChI is InChI=1S/C19H20N2O3/c1-13(22)20-17-6-3-14(4-7-17)19(23)21-10-9-15-11-18(24-2)8-5-16(15)12-21/h3-8,11H,9-10,12H2,1-2H3,(H,20,22). The van der Waals surface area contributed by atoms with Crippen molar-refractivity contribution in [2.45, 2.75) is 19.9 Å². The Morgan fingerprint density at radius 1 is 1.08 bits per heavy atom. The maximum absolute atomic E-state index is 12.7. The minimum Gasteiger partial charge on any atom is -0.497 e. The van der Waals surface area contributed by atoms with Crippen LogP contribution in [0.3, 0.4) is 0 Å². The van der Waals surface area contributed by atoms with Gasteiger partial charge in [0, 0.05) is 31.3 Å². The molecule has 0 bridgehead atoms. The van der Waals surface area contributed by atoms with Gasteiger partial charge in [-0.25, -0.2) is 0 Å². The number of carbonyl (C=O) groups is 2. The second-order valence-corrected chi connectivity index (χ2v) is 5.87. The Morgan fingerprint density at radius 2 is 1.83 bits per heavy atom. The number of carbonyl (C=O) groups excluding carboxylic acids is 2. The molecule has 1 aliphatic rings. The molecule has 24 heavy (non-hydrogen) atoms. The molecule has 5 heteroatoms. The predicted molar refractivity (Wildman–Crippen MR) is 92.2 cm³/mol. The molecule has 0 saturated carbocycles. The number of benzene rings is 2. The molecular formula is C19H20N2O3. The van der Waals surface area contributed by atoms with Gasteiger partial charge in [-0.05, 0) is 53.9 Å². The first kappa shape index (κ1) is 16.1. The minimum atomic E-state index is -0.128. The van der Waals surface area contributed by atoms with E-state index in [-0.39, 0.29) is 11.8 Å². The quantitative estimate of drug-likeness (QED) is 0.944. The lowest BCUT2D eigenvalue weighted by molar-refractivity contribution is -0.114. The first-order valence-corrected chi connectivity index (χ1v) is 7.89. The molecule has 0 spiro atoms. The van der Waals surface area contributed by atoms with Gasteiger partial charge in [-0.2, -0.15) is 0 Å². The molecule has 3 rings (SSSR count). The lowest BCUT2D eigenvalue weighted by atomic mass is 9.98. The fourth-order valence-corrected chi connectivity index (χ4v) is 2.91. The monoisotopic (exact) mass is 324 g/mol. The number of rotatable bonds is 3. The molecule has 1 aliphatic heterocycles. The number of fused-ring (bicyclic) bond motifs is 1. The van der Waals surface area contributed by atoms with Crippen molar-refractivity contribution in [3.8, 4) is 5.75 Å². The highest BCUT2D eigenvalue weighted by Crippen LogP contribution is 2.25. The fourth-order valence-electron chi connectivity index (χ4n) is 2.91. The van der Waals surface area contributed by atoms with E-state index in [0.29, 0.717) is 24.3 Å². The van der Waals surface area contributed by atoms with Crippen LogP contribution in [0.4, 0.5) is 5.69 Å². The van der Waals surface area contributed by atoms with Crippen LogP contribution < -0.4 is 10.1 Å². The van der Waals surface area contributed by atoms with Crippen LogP contribution in [-0.4, -0.2) is 30.4 Å². The molecule has 0 unspecified atom stereocenters. The van der Waals surface area contributed by atoms with Crippen molar-refractivity contribution in [1.82, 2.24) is 4.90 Å². The molecule has 5 nitrogen and oxygen atoms in total. The average Bonchev–Trinajstić information content (AvgIpc) is 2.60. The Labute approximate surface area is 141 Å². The largest absolute Gasteiger partial charge is 0.497 e. The number of amides is 2. The molecule has 2 aromatic rings. The van der Waals surface area contributed by atoms with E-state index in [4.69, 9.17) is 4.74 Å². The SMILES string of the molecule is COc1ccc2c(c1)CCN(C(=O)c1ccc(NC(C)=O)cc1)C2. The maximum Gasteiger partial charge on any atom is 0.254 e. The van der Waals surface area contributed by atoms with E-state index in [1.165, 1.54) is 12.5 Å². The van der Waals surface area contributed by atoms with E-state index in [2.05, 4.69) is 5.32 Å². The molecule has 1 heterocycles. The topological polar surface area (TPSA) is 58.6 Å². The van der Waals surface area contributed by atoms with Gasteiger partial charge >= 0.3 is 0 Å². The Kier molecular flexibility index (Phi) is 4.51. The summed E-state index contributed by atoms with van der Waals surface area (Å²) in [5.74, 6) is 0.727. The van der Waals surface area contributed by atoms with E-state index in [0.717, 1.165) is 17.7 Å². The van der Waals surface area contributed by atoms with Gasteiger partial charge in [0.2, 0.25) is 5.91 Å². The van der Waals surface area contributed by atoms with Crippen LogP contribution >= 0.6 is 0 Å². The van der Waals surface area contributed by atoms with Gasteiger partial charge in [0.05, 0.1) is 7.11 Å². The normalized spacial score (nSPS) is 13.2. The van der Waals surface area contributed by atoms with E-state index in [1.807, 2.05) is 23.1 Å². The van der Waals surface area contributed by atoms with Crippen LogP contribution in [0, 0.1) is 0 Å². The number of methoxy groups -OCH3 is 1. The summed E-state index contributed by atoms with van der Waals surface area (Å²) in [6.07, 6.45) is 0.822. The smallest absolute Gasteiger partial charge is 0.254 e. The Morgan fingerprint density at radius 3 is 2.50 bits per heavy atom. The average molecular weight is 324 g/mol. The van der Waals surface area contributed by atoms with E-state index >= 15 is 0 Å². The van der Waals surface area contributed by atoms with Crippen molar-refractivity contribution in [2.24, 2.45) is 0 Å². The van der Waals surface area contributed by atoms with Crippen LogP contribution in [0.25, 0.3) is 0 Å². The van der Waals surface area contributed by atoms with Crippen LogP contribution in [0.2, 0.25) is 0 Å². The van der Waals surface area contributed by atoms with Gasteiger partial charge in [-0.1, -0.05) is 6.07 Å². The summed E-state index contributed by atoms with van der Waals surface area (Å²) in [7, 11) is 1.66. The Balaban J connectivity index is 1.72. The van der Waals surface area contributed by atoms with Crippen LogP contribution in [-0.2, 0) is 17.8 Å². The molecule has 0 saturated heterocycles. The van der Waals surface area contributed by atoms with Gasteiger partial charge < -0.3 is 15.0 Å². The third-order valence-electron chi connectivity index (χ3n) is 4.17. The van der Waals surface area contributed by atoms with E-state index in [1.54, 1.807) is 31.4 Å².